The molecule has 0 aliphatic carbocycles. The van der Waals surface area contributed by atoms with E-state index in [9.17, 15) is 17.2 Å². The Morgan fingerprint density at radius 1 is 1.32 bits per heavy atom. The van der Waals surface area contributed by atoms with E-state index in [0.29, 0.717) is 6.07 Å². The topological polar surface area (TPSA) is 72.2 Å². The SMILES string of the molecule is CC(C)C(NS(=O)(=O)c1ccc(F)c(F)c1)C(N)=S. The first-order chi connectivity index (χ1) is 8.65. The van der Waals surface area contributed by atoms with Gasteiger partial charge in [-0.1, -0.05) is 26.1 Å². The van der Waals surface area contributed by atoms with E-state index in [1.807, 2.05) is 0 Å². The maximum absolute atomic E-state index is 13.0. The molecule has 106 valence electrons. The van der Waals surface area contributed by atoms with Crippen LogP contribution in [-0.2, 0) is 10.0 Å². The molecule has 0 fully saturated rings. The molecule has 0 aromatic heterocycles. The summed E-state index contributed by atoms with van der Waals surface area (Å²) in [5.74, 6) is -2.52. The van der Waals surface area contributed by atoms with Crippen molar-refractivity contribution in [1.82, 2.24) is 4.72 Å². The van der Waals surface area contributed by atoms with Gasteiger partial charge >= 0.3 is 0 Å². The minimum Gasteiger partial charge on any atom is -0.392 e. The van der Waals surface area contributed by atoms with Gasteiger partial charge in [0.25, 0.3) is 0 Å². The highest BCUT2D eigenvalue weighted by Crippen LogP contribution is 2.15. The third kappa shape index (κ3) is 3.92. The lowest BCUT2D eigenvalue weighted by atomic mass is 10.1. The van der Waals surface area contributed by atoms with Gasteiger partial charge in [-0.25, -0.2) is 21.9 Å². The summed E-state index contributed by atoms with van der Waals surface area (Å²) in [4.78, 5) is -0.394. The molecule has 3 N–H and O–H groups in total. The molecule has 0 bridgehead atoms. The normalized spacial score (nSPS) is 13.5. The molecule has 1 aromatic rings. The van der Waals surface area contributed by atoms with Crippen LogP contribution >= 0.6 is 12.2 Å². The zero-order valence-electron chi connectivity index (χ0n) is 10.4. The predicted octanol–water partition coefficient (Wildman–Crippen LogP) is 1.55. The number of hydrogen-bond acceptors (Lipinski definition) is 3. The van der Waals surface area contributed by atoms with E-state index in [1.165, 1.54) is 0 Å². The fourth-order valence-electron chi connectivity index (χ4n) is 1.40. The van der Waals surface area contributed by atoms with Crippen LogP contribution in [0.1, 0.15) is 13.8 Å². The molecule has 1 aromatic carbocycles. The number of rotatable bonds is 5. The molecule has 0 amide bonds. The van der Waals surface area contributed by atoms with E-state index in [0.717, 1.165) is 12.1 Å². The van der Waals surface area contributed by atoms with Gasteiger partial charge in [0.1, 0.15) is 0 Å². The Morgan fingerprint density at radius 2 is 1.89 bits per heavy atom. The molecule has 0 heterocycles. The Morgan fingerprint density at radius 3 is 2.32 bits per heavy atom. The molecule has 0 aliphatic rings. The molecule has 1 atom stereocenters. The number of halogens is 2. The highest BCUT2D eigenvalue weighted by molar-refractivity contribution is 7.89. The molecule has 0 saturated carbocycles. The van der Waals surface area contributed by atoms with Crippen LogP contribution in [0.15, 0.2) is 23.1 Å². The molecule has 8 heteroatoms. The summed E-state index contributed by atoms with van der Waals surface area (Å²) in [5.41, 5.74) is 5.45. The first kappa shape index (κ1) is 15.9. The largest absolute Gasteiger partial charge is 0.392 e. The van der Waals surface area contributed by atoms with Gasteiger partial charge in [0.05, 0.1) is 15.9 Å². The van der Waals surface area contributed by atoms with Crippen molar-refractivity contribution in [2.45, 2.75) is 24.8 Å². The monoisotopic (exact) mass is 308 g/mol. The summed E-state index contributed by atoms with van der Waals surface area (Å²) in [7, 11) is -4.01. The first-order valence-electron chi connectivity index (χ1n) is 5.42. The van der Waals surface area contributed by atoms with Crippen molar-refractivity contribution in [2.75, 3.05) is 0 Å². The average Bonchev–Trinajstić information content (AvgIpc) is 2.28. The fourth-order valence-corrected chi connectivity index (χ4v) is 3.18. The minimum atomic E-state index is -4.01. The molecule has 1 unspecified atom stereocenters. The quantitative estimate of drug-likeness (QED) is 0.810. The van der Waals surface area contributed by atoms with Crippen molar-refractivity contribution in [3.8, 4) is 0 Å². The van der Waals surface area contributed by atoms with Gasteiger partial charge in [0.2, 0.25) is 10.0 Å². The van der Waals surface area contributed by atoms with Gasteiger partial charge in [-0.15, -0.1) is 0 Å². The maximum Gasteiger partial charge on any atom is 0.241 e. The molecule has 4 nitrogen and oxygen atoms in total. The third-order valence-electron chi connectivity index (χ3n) is 2.46. The van der Waals surface area contributed by atoms with E-state index < -0.39 is 27.7 Å². The molecular weight excluding hydrogens is 294 g/mol. The van der Waals surface area contributed by atoms with Gasteiger partial charge in [-0.2, -0.15) is 0 Å². The third-order valence-corrected chi connectivity index (χ3v) is 4.15. The van der Waals surface area contributed by atoms with Gasteiger partial charge in [-0.3, -0.25) is 0 Å². The summed E-state index contributed by atoms with van der Waals surface area (Å²) in [6, 6.07) is 1.56. The molecule has 19 heavy (non-hydrogen) atoms. The van der Waals surface area contributed by atoms with Crippen molar-refractivity contribution in [1.29, 1.82) is 0 Å². The van der Waals surface area contributed by atoms with E-state index in [4.69, 9.17) is 18.0 Å². The molecule has 1 rings (SSSR count). The maximum atomic E-state index is 13.0. The van der Waals surface area contributed by atoms with Crippen LogP contribution in [-0.4, -0.2) is 19.4 Å². The van der Waals surface area contributed by atoms with E-state index in [1.54, 1.807) is 13.8 Å². The van der Waals surface area contributed by atoms with Crippen molar-refractivity contribution >= 4 is 27.2 Å². The second kappa shape index (κ2) is 5.89. The van der Waals surface area contributed by atoms with Crippen LogP contribution < -0.4 is 10.5 Å². The number of nitrogens with two attached hydrogens (primary N) is 1. The Bertz CT molecular complexity index is 588. The van der Waals surface area contributed by atoms with Crippen LogP contribution in [0.5, 0.6) is 0 Å². The Hall–Kier alpha value is -1.12. The average molecular weight is 308 g/mol. The number of thiocarbonyl (C=S) groups is 1. The van der Waals surface area contributed by atoms with Crippen LogP contribution in [0.2, 0.25) is 0 Å². The number of sulfonamides is 1. The standard InChI is InChI=1S/C11H14F2N2O2S2/c1-6(2)10(11(14)18)15-19(16,17)7-3-4-8(12)9(13)5-7/h3-6,10,15H,1-2H3,(H2,14,18). The van der Waals surface area contributed by atoms with Crippen molar-refractivity contribution in [3.05, 3.63) is 29.8 Å². The summed E-state index contributed by atoms with van der Waals surface area (Å²) in [5, 5.41) is 0. The highest BCUT2D eigenvalue weighted by atomic mass is 32.2. The van der Waals surface area contributed by atoms with E-state index >= 15 is 0 Å². The van der Waals surface area contributed by atoms with Crippen molar-refractivity contribution in [3.63, 3.8) is 0 Å². The van der Waals surface area contributed by atoms with Crippen LogP contribution in [0.25, 0.3) is 0 Å². The Balaban J connectivity index is 3.10. The second-order valence-corrected chi connectivity index (χ2v) is 6.51. The minimum absolute atomic E-state index is 0.0128. The summed E-state index contributed by atoms with van der Waals surface area (Å²) in [6.07, 6.45) is 0. The zero-order chi connectivity index (χ0) is 14.8. The van der Waals surface area contributed by atoms with Crippen LogP contribution in [0.4, 0.5) is 8.78 Å². The Kier molecular flexibility index (Phi) is 4.94. The van der Waals surface area contributed by atoms with E-state index in [-0.39, 0.29) is 15.8 Å². The highest BCUT2D eigenvalue weighted by Gasteiger charge is 2.25. The van der Waals surface area contributed by atoms with E-state index in [2.05, 4.69) is 4.72 Å². The number of hydrogen-bond donors (Lipinski definition) is 2. The number of benzene rings is 1. The van der Waals surface area contributed by atoms with Gasteiger partial charge in [0, 0.05) is 0 Å². The number of nitrogens with one attached hydrogen (secondary N) is 1. The van der Waals surface area contributed by atoms with Crippen LogP contribution in [0.3, 0.4) is 0 Å². The molecule has 0 spiro atoms. The summed E-state index contributed by atoms with van der Waals surface area (Å²) >= 11 is 4.77. The summed E-state index contributed by atoms with van der Waals surface area (Å²) < 4.78 is 52.1. The fraction of sp³-hybridized carbons (Fsp3) is 0.364. The second-order valence-electron chi connectivity index (χ2n) is 4.32. The lowest BCUT2D eigenvalue weighted by Gasteiger charge is -2.20. The summed E-state index contributed by atoms with van der Waals surface area (Å²) in [6.45, 7) is 3.47. The van der Waals surface area contributed by atoms with Gasteiger partial charge in [-0.05, 0) is 24.1 Å². The molecule has 0 saturated heterocycles. The van der Waals surface area contributed by atoms with Gasteiger partial charge < -0.3 is 5.73 Å². The molecular formula is C11H14F2N2O2S2. The lowest BCUT2D eigenvalue weighted by molar-refractivity contribution is 0.502. The van der Waals surface area contributed by atoms with Crippen molar-refractivity contribution in [2.24, 2.45) is 11.7 Å². The molecule has 0 radical (unpaired) electrons. The van der Waals surface area contributed by atoms with Gasteiger partial charge in [0.15, 0.2) is 11.6 Å². The van der Waals surface area contributed by atoms with Crippen LogP contribution in [0, 0.1) is 17.6 Å². The van der Waals surface area contributed by atoms with Crippen molar-refractivity contribution < 1.29 is 17.2 Å². The molecule has 0 aliphatic heterocycles. The Labute approximate surface area is 116 Å². The zero-order valence-corrected chi connectivity index (χ0v) is 12.0. The predicted molar refractivity (Wildman–Crippen MR) is 72.1 cm³/mol. The smallest absolute Gasteiger partial charge is 0.241 e. The lowest BCUT2D eigenvalue weighted by Crippen LogP contribution is -2.46. The first-order valence-corrected chi connectivity index (χ1v) is 7.31.